The van der Waals surface area contributed by atoms with E-state index < -0.39 is 5.82 Å². The van der Waals surface area contributed by atoms with Crippen molar-refractivity contribution in [2.45, 2.75) is 56.8 Å². The maximum absolute atomic E-state index is 13.7. The molecule has 2 aliphatic rings. The molecule has 2 fully saturated rings. The fraction of sp³-hybridized carbons (Fsp3) is 0.450. The molecule has 1 unspecified atom stereocenters. The standard InChI is InChI=1S/C20H24FN3OS/c21-18-8-1-2-9-19(18)23-20(25)22-14-11-15-5-3-6-16(12-14)24(15)13-17-7-4-10-26-17/h1-2,4,7-10,14-16H,3,5-6,11-13H2,(H2,22,23,25)/t14?,15-,16+. The number of rotatable bonds is 4. The SMILES string of the molecule is O=C(Nc1ccccc1F)NC1C[C@H]2CCC[C@@H](C1)N2Cc1cccs1. The fourth-order valence-corrected chi connectivity index (χ4v) is 5.06. The molecule has 6 heteroatoms. The average molecular weight is 373 g/mol. The summed E-state index contributed by atoms with van der Waals surface area (Å²) in [5.74, 6) is -0.412. The molecule has 2 saturated heterocycles. The first-order valence-electron chi connectivity index (χ1n) is 9.29. The molecule has 0 spiro atoms. The van der Waals surface area contributed by atoms with E-state index in [4.69, 9.17) is 0 Å². The molecule has 2 aromatic rings. The van der Waals surface area contributed by atoms with Gasteiger partial charge in [-0.2, -0.15) is 0 Å². The number of thiophene rings is 1. The highest BCUT2D eigenvalue weighted by atomic mass is 32.1. The van der Waals surface area contributed by atoms with Gasteiger partial charge >= 0.3 is 6.03 Å². The molecule has 2 aliphatic heterocycles. The Kier molecular flexibility index (Phi) is 5.22. The molecule has 4 nitrogen and oxygen atoms in total. The molecule has 26 heavy (non-hydrogen) atoms. The van der Waals surface area contributed by atoms with E-state index in [0.29, 0.717) is 12.1 Å². The number of urea groups is 1. The van der Waals surface area contributed by atoms with E-state index in [1.54, 1.807) is 18.2 Å². The predicted octanol–water partition coefficient (Wildman–Crippen LogP) is 4.59. The van der Waals surface area contributed by atoms with Crippen molar-refractivity contribution in [3.63, 3.8) is 0 Å². The maximum Gasteiger partial charge on any atom is 0.319 e. The second-order valence-electron chi connectivity index (χ2n) is 7.24. The summed E-state index contributed by atoms with van der Waals surface area (Å²) in [6.07, 6.45) is 5.58. The van der Waals surface area contributed by atoms with Gasteiger partial charge in [-0.15, -0.1) is 11.3 Å². The van der Waals surface area contributed by atoms with Crippen molar-refractivity contribution in [2.24, 2.45) is 0 Å². The summed E-state index contributed by atoms with van der Waals surface area (Å²) >= 11 is 1.81. The average Bonchev–Trinajstić information content (AvgIpc) is 3.11. The molecule has 3 atom stereocenters. The number of nitrogens with zero attached hydrogens (tertiary/aromatic N) is 1. The topological polar surface area (TPSA) is 44.4 Å². The number of anilines is 1. The summed E-state index contributed by atoms with van der Waals surface area (Å²) in [4.78, 5) is 16.3. The molecule has 0 radical (unpaired) electrons. The number of halogens is 1. The molecule has 2 N–H and O–H groups in total. The van der Waals surface area contributed by atoms with Gasteiger partial charge in [-0.05, 0) is 49.3 Å². The van der Waals surface area contributed by atoms with Gasteiger partial charge in [0.15, 0.2) is 0 Å². The monoisotopic (exact) mass is 373 g/mol. The van der Waals surface area contributed by atoms with Crippen LogP contribution in [0.15, 0.2) is 41.8 Å². The first-order valence-corrected chi connectivity index (χ1v) is 10.2. The quantitative estimate of drug-likeness (QED) is 0.823. The number of amides is 2. The lowest BCUT2D eigenvalue weighted by molar-refractivity contribution is 0.0208. The molecule has 138 valence electrons. The van der Waals surface area contributed by atoms with E-state index in [2.05, 4.69) is 33.0 Å². The Labute approximate surface area is 157 Å². The third-order valence-corrected chi connectivity index (χ3v) is 6.36. The van der Waals surface area contributed by atoms with Crippen molar-refractivity contribution < 1.29 is 9.18 Å². The van der Waals surface area contributed by atoms with Crippen LogP contribution in [0.1, 0.15) is 37.0 Å². The molecule has 0 aliphatic carbocycles. The van der Waals surface area contributed by atoms with Gasteiger partial charge in [0.1, 0.15) is 5.82 Å². The van der Waals surface area contributed by atoms with Crippen LogP contribution in [0.2, 0.25) is 0 Å². The van der Waals surface area contributed by atoms with Crippen molar-refractivity contribution in [3.05, 3.63) is 52.5 Å². The minimum Gasteiger partial charge on any atom is -0.335 e. The number of fused-ring (bicyclic) bond motifs is 2. The summed E-state index contributed by atoms with van der Waals surface area (Å²) in [5, 5.41) is 7.83. The van der Waals surface area contributed by atoms with Gasteiger partial charge in [0, 0.05) is 29.5 Å². The van der Waals surface area contributed by atoms with Crippen LogP contribution in [-0.4, -0.2) is 29.1 Å². The Balaban J connectivity index is 1.36. The summed E-state index contributed by atoms with van der Waals surface area (Å²) < 4.78 is 13.7. The van der Waals surface area contributed by atoms with Crippen LogP contribution in [0.3, 0.4) is 0 Å². The van der Waals surface area contributed by atoms with Gasteiger partial charge < -0.3 is 10.6 Å². The maximum atomic E-state index is 13.7. The highest BCUT2D eigenvalue weighted by Gasteiger charge is 2.38. The van der Waals surface area contributed by atoms with E-state index >= 15 is 0 Å². The van der Waals surface area contributed by atoms with E-state index in [0.717, 1.165) is 19.4 Å². The zero-order valence-electron chi connectivity index (χ0n) is 14.7. The summed E-state index contributed by atoms with van der Waals surface area (Å²) in [6.45, 7) is 1.02. The number of carbonyl (C=O) groups is 1. The van der Waals surface area contributed by atoms with Crippen molar-refractivity contribution in [1.82, 2.24) is 10.2 Å². The Bertz CT molecular complexity index is 737. The molecule has 3 heterocycles. The van der Waals surface area contributed by atoms with Gasteiger partial charge in [-0.3, -0.25) is 4.90 Å². The Morgan fingerprint density at radius 1 is 1.15 bits per heavy atom. The highest BCUT2D eigenvalue weighted by molar-refractivity contribution is 7.09. The van der Waals surface area contributed by atoms with Crippen LogP contribution >= 0.6 is 11.3 Å². The number of nitrogens with one attached hydrogen (secondary N) is 2. The lowest BCUT2D eigenvalue weighted by Gasteiger charge is -2.48. The van der Waals surface area contributed by atoms with Gasteiger partial charge in [0.25, 0.3) is 0 Å². The van der Waals surface area contributed by atoms with Crippen molar-refractivity contribution in [1.29, 1.82) is 0 Å². The van der Waals surface area contributed by atoms with Gasteiger partial charge in [0.2, 0.25) is 0 Å². The Hall–Kier alpha value is -1.92. The molecule has 4 rings (SSSR count). The third kappa shape index (κ3) is 3.91. The molecular weight excluding hydrogens is 349 g/mol. The third-order valence-electron chi connectivity index (χ3n) is 5.50. The number of carbonyl (C=O) groups excluding carboxylic acids is 1. The molecule has 2 bridgehead atoms. The van der Waals surface area contributed by atoms with E-state index in [9.17, 15) is 9.18 Å². The number of para-hydroxylation sites is 1. The first kappa shape index (κ1) is 17.5. The lowest BCUT2D eigenvalue weighted by atomic mass is 9.81. The van der Waals surface area contributed by atoms with E-state index in [-0.39, 0.29) is 17.8 Å². The van der Waals surface area contributed by atoms with Crippen LogP contribution < -0.4 is 10.6 Å². The minimum absolute atomic E-state index is 0.150. The van der Waals surface area contributed by atoms with Crippen molar-refractivity contribution in [2.75, 3.05) is 5.32 Å². The Morgan fingerprint density at radius 2 is 1.92 bits per heavy atom. The highest BCUT2D eigenvalue weighted by Crippen LogP contribution is 2.35. The van der Waals surface area contributed by atoms with Gasteiger partial charge in [-0.1, -0.05) is 24.6 Å². The van der Waals surface area contributed by atoms with Crippen LogP contribution in [-0.2, 0) is 6.54 Å². The second-order valence-corrected chi connectivity index (χ2v) is 8.27. The fourth-order valence-electron chi connectivity index (χ4n) is 4.34. The van der Waals surface area contributed by atoms with Crippen molar-refractivity contribution in [3.8, 4) is 0 Å². The van der Waals surface area contributed by atoms with Gasteiger partial charge in [-0.25, -0.2) is 9.18 Å². The zero-order valence-corrected chi connectivity index (χ0v) is 15.5. The zero-order chi connectivity index (χ0) is 17.9. The summed E-state index contributed by atoms with van der Waals surface area (Å²) in [5.41, 5.74) is 0.223. The van der Waals surface area contributed by atoms with E-state index in [1.807, 2.05) is 11.3 Å². The van der Waals surface area contributed by atoms with Crippen LogP contribution in [0.5, 0.6) is 0 Å². The Morgan fingerprint density at radius 3 is 2.62 bits per heavy atom. The number of benzene rings is 1. The van der Waals surface area contributed by atoms with Crippen LogP contribution in [0, 0.1) is 5.82 Å². The van der Waals surface area contributed by atoms with E-state index in [1.165, 1.54) is 30.2 Å². The number of piperidine rings is 2. The summed E-state index contributed by atoms with van der Waals surface area (Å²) in [6, 6.07) is 11.4. The van der Waals surface area contributed by atoms with Gasteiger partial charge in [0.05, 0.1) is 5.69 Å². The normalized spacial score (nSPS) is 25.7. The number of hydrogen-bond donors (Lipinski definition) is 2. The molecule has 0 saturated carbocycles. The molecular formula is C20H24FN3OS. The largest absolute Gasteiger partial charge is 0.335 e. The van der Waals surface area contributed by atoms with Crippen molar-refractivity contribution >= 4 is 23.1 Å². The smallest absolute Gasteiger partial charge is 0.319 e. The first-order chi connectivity index (χ1) is 12.7. The molecule has 2 amide bonds. The summed E-state index contributed by atoms with van der Waals surface area (Å²) in [7, 11) is 0. The molecule has 1 aromatic carbocycles. The lowest BCUT2D eigenvalue weighted by Crippen LogP contribution is -2.56. The number of hydrogen-bond acceptors (Lipinski definition) is 3. The van der Waals surface area contributed by atoms with Crippen LogP contribution in [0.4, 0.5) is 14.9 Å². The van der Waals surface area contributed by atoms with Crippen LogP contribution in [0.25, 0.3) is 0 Å². The molecule has 1 aromatic heterocycles. The second kappa shape index (κ2) is 7.76. The minimum atomic E-state index is -0.412. The predicted molar refractivity (Wildman–Crippen MR) is 103 cm³/mol.